The fourth-order valence-electron chi connectivity index (χ4n) is 2.35. The summed E-state index contributed by atoms with van der Waals surface area (Å²) in [7, 11) is 1.75. The second kappa shape index (κ2) is 5.51. The van der Waals surface area contributed by atoms with E-state index in [1.54, 1.807) is 24.1 Å². The first-order valence-electron chi connectivity index (χ1n) is 6.44. The van der Waals surface area contributed by atoms with Crippen molar-refractivity contribution in [1.29, 1.82) is 0 Å². The number of carbonyl (C=O) groups is 1. The molecular weight excluding hydrogens is 307 g/mol. The van der Waals surface area contributed by atoms with Crippen LogP contribution in [0, 0.1) is 0 Å². The molecule has 1 heterocycles. The van der Waals surface area contributed by atoms with Crippen LogP contribution in [0.2, 0.25) is 10.0 Å². The lowest BCUT2D eigenvalue weighted by Gasteiger charge is -2.17. The van der Waals surface area contributed by atoms with Crippen LogP contribution < -0.4 is 4.90 Å². The number of carbonyl (C=O) groups excluding carboxylic acids is 1. The van der Waals surface area contributed by atoms with Gasteiger partial charge in [-0.3, -0.25) is 9.79 Å². The van der Waals surface area contributed by atoms with Crippen molar-refractivity contribution < 1.29 is 4.79 Å². The van der Waals surface area contributed by atoms with Crippen LogP contribution >= 0.6 is 23.2 Å². The Balaban J connectivity index is 2.22. The van der Waals surface area contributed by atoms with Crippen LogP contribution in [0.1, 0.15) is 11.1 Å². The molecule has 1 amide bonds. The number of nitrogens with zero attached hydrogens (tertiary/aromatic N) is 2. The highest BCUT2D eigenvalue weighted by Gasteiger charge is 2.23. The van der Waals surface area contributed by atoms with Gasteiger partial charge in [0, 0.05) is 23.2 Å². The summed E-state index contributed by atoms with van der Waals surface area (Å²) in [6, 6.07) is 12.9. The predicted molar refractivity (Wildman–Crippen MR) is 86.8 cm³/mol. The van der Waals surface area contributed by atoms with Gasteiger partial charge in [-0.2, -0.15) is 0 Å². The quantitative estimate of drug-likeness (QED) is 0.787. The van der Waals surface area contributed by atoms with Crippen LogP contribution in [-0.2, 0) is 4.79 Å². The summed E-state index contributed by atoms with van der Waals surface area (Å²) < 4.78 is 0. The molecule has 106 valence electrons. The van der Waals surface area contributed by atoms with E-state index >= 15 is 0 Å². The van der Waals surface area contributed by atoms with Crippen LogP contribution in [0.15, 0.2) is 47.5 Å². The van der Waals surface area contributed by atoms with Gasteiger partial charge in [-0.05, 0) is 24.3 Å². The lowest BCUT2D eigenvalue weighted by Crippen LogP contribution is -2.27. The van der Waals surface area contributed by atoms with Crippen LogP contribution in [0.5, 0.6) is 0 Å². The summed E-state index contributed by atoms with van der Waals surface area (Å²) >= 11 is 12.2. The monoisotopic (exact) mass is 318 g/mol. The molecule has 0 aliphatic carbocycles. The maximum atomic E-state index is 12.1. The minimum absolute atomic E-state index is 0.0532. The van der Waals surface area contributed by atoms with Crippen molar-refractivity contribution >= 4 is 40.5 Å². The maximum Gasteiger partial charge on any atom is 0.248 e. The molecule has 3 rings (SSSR count). The lowest BCUT2D eigenvalue weighted by atomic mass is 10.0. The molecule has 0 saturated heterocycles. The van der Waals surface area contributed by atoms with Gasteiger partial charge in [-0.25, -0.2) is 0 Å². The number of aliphatic imine (C=N–C) groups is 1. The summed E-state index contributed by atoms with van der Waals surface area (Å²) in [5, 5.41) is 1.09. The molecule has 0 radical (unpaired) electrons. The van der Waals surface area contributed by atoms with Crippen molar-refractivity contribution in [3.05, 3.63) is 63.6 Å². The first-order valence-corrected chi connectivity index (χ1v) is 7.19. The number of para-hydroxylation sites is 1. The van der Waals surface area contributed by atoms with Crippen LogP contribution in [-0.4, -0.2) is 25.2 Å². The Morgan fingerprint density at radius 3 is 2.62 bits per heavy atom. The summed E-state index contributed by atoms with van der Waals surface area (Å²) in [4.78, 5) is 18.1. The van der Waals surface area contributed by atoms with E-state index in [0.29, 0.717) is 15.8 Å². The minimum atomic E-state index is -0.0532. The molecule has 0 N–H and O–H groups in total. The van der Waals surface area contributed by atoms with Crippen molar-refractivity contribution in [3.63, 3.8) is 0 Å². The summed E-state index contributed by atoms with van der Waals surface area (Å²) in [5.41, 5.74) is 3.20. The van der Waals surface area contributed by atoms with Gasteiger partial charge in [0.25, 0.3) is 0 Å². The molecule has 0 unspecified atom stereocenters. The van der Waals surface area contributed by atoms with E-state index in [9.17, 15) is 4.79 Å². The van der Waals surface area contributed by atoms with Crippen molar-refractivity contribution in [1.82, 2.24) is 0 Å². The Bertz CT molecular complexity index is 756. The minimum Gasteiger partial charge on any atom is -0.313 e. The lowest BCUT2D eigenvalue weighted by molar-refractivity contribution is -0.116. The average Bonchev–Trinajstić information content (AvgIpc) is 2.59. The SMILES string of the molecule is CN1C(=O)CN=C(c2ccc(Cl)cc2Cl)c2ccccc21. The molecule has 0 bridgehead atoms. The summed E-state index contributed by atoms with van der Waals surface area (Å²) in [5.74, 6) is -0.0532. The Labute approximate surface area is 132 Å². The van der Waals surface area contributed by atoms with Crippen molar-refractivity contribution in [2.45, 2.75) is 0 Å². The van der Waals surface area contributed by atoms with Crippen LogP contribution in [0.4, 0.5) is 5.69 Å². The number of hydrogen-bond donors (Lipinski definition) is 0. The number of hydrogen-bond acceptors (Lipinski definition) is 2. The molecule has 0 aromatic heterocycles. The fraction of sp³-hybridized carbons (Fsp3) is 0.125. The van der Waals surface area contributed by atoms with Crippen molar-refractivity contribution in [2.75, 3.05) is 18.5 Å². The Morgan fingerprint density at radius 2 is 1.86 bits per heavy atom. The van der Waals surface area contributed by atoms with Gasteiger partial charge in [-0.1, -0.05) is 41.4 Å². The molecule has 2 aromatic rings. The van der Waals surface area contributed by atoms with Crippen molar-refractivity contribution in [2.24, 2.45) is 4.99 Å². The zero-order valence-corrected chi connectivity index (χ0v) is 12.8. The van der Waals surface area contributed by atoms with Gasteiger partial charge in [0.2, 0.25) is 5.91 Å². The van der Waals surface area contributed by atoms with Gasteiger partial charge in [0.15, 0.2) is 0 Å². The topological polar surface area (TPSA) is 32.7 Å². The third-order valence-electron chi connectivity index (χ3n) is 3.45. The van der Waals surface area contributed by atoms with Crippen LogP contribution in [0.3, 0.4) is 0 Å². The molecule has 0 spiro atoms. The number of anilines is 1. The second-order valence-corrected chi connectivity index (χ2v) is 5.60. The van der Waals surface area contributed by atoms with E-state index < -0.39 is 0 Å². The molecule has 3 nitrogen and oxygen atoms in total. The standard InChI is InChI=1S/C16H12Cl2N2O/c1-20-14-5-3-2-4-12(14)16(19-9-15(20)21)11-7-6-10(17)8-13(11)18/h2-8H,9H2,1H3. The van der Waals surface area contributed by atoms with Gasteiger partial charge in [0.1, 0.15) is 6.54 Å². The van der Waals surface area contributed by atoms with E-state index in [1.165, 1.54) is 0 Å². The largest absolute Gasteiger partial charge is 0.313 e. The molecule has 0 saturated carbocycles. The predicted octanol–water partition coefficient (Wildman–Crippen LogP) is 3.81. The van der Waals surface area contributed by atoms with E-state index in [1.807, 2.05) is 30.3 Å². The molecule has 21 heavy (non-hydrogen) atoms. The Morgan fingerprint density at radius 1 is 1.10 bits per heavy atom. The van der Waals surface area contributed by atoms with E-state index in [4.69, 9.17) is 23.2 Å². The highest BCUT2D eigenvalue weighted by molar-refractivity contribution is 6.38. The number of rotatable bonds is 1. The number of benzene rings is 2. The highest BCUT2D eigenvalue weighted by Crippen LogP contribution is 2.29. The first kappa shape index (κ1) is 14.1. The molecule has 0 atom stereocenters. The second-order valence-electron chi connectivity index (χ2n) is 4.76. The van der Waals surface area contributed by atoms with Gasteiger partial charge < -0.3 is 4.90 Å². The number of benzodiazepines with no additional fused rings is 1. The van der Waals surface area contributed by atoms with E-state index in [-0.39, 0.29) is 12.5 Å². The maximum absolute atomic E-state index is 12.1. The molecule has 2 aromatic carbocycles. The molecule has 1 aliphatic rings. The van der Waals surface area contributed by atoms with E-state index in [2.05, 4.69) is 4.99 Å². The molecule has 5 heteroatoms. The number of halogens is 2. The Kier molecular flexibility index (Phi) is 3.70. The average molecular weight is 319 g/mol. The third-order valence-corrected chi connectivity index (χ3v) is 4.00. The number of amides is 1. The zero-order chi connectivity index (χ0) is 15.0. The number of likely N-dealkylation sites (N-methyl/N-ethyl adjacent to an activating group) is 1. The van der Waals surface area contributed by atoms with Gasteiger partial charge in [-0.15, -0.1) is 0 Å². The molecule has 0 fully saturated rings. The fourth-order valence-corrected chi connectivity index (χ4v) is 2.85. The smallest absolute Gasteiger partial charge is 0.248 e. The zero-order valence-electron chi connectivity index (χ0n) is 11.3. The van der Waals surface area contributed by atoms with E-state index in [0.717, 1.165) is 16.8 Å². The summed E-state index contributed by atoms with van der Waals surface area (Å²) in [6.07, 6.45) is 0. The molecule has 1 aliphatic heterocycles. The normalized spacial score (nSPS) is 14.5. The highest BCUT2D eigenvalue weighted by atomic mass is 35.5. The van der Waals surface area contributed by atoms with Gasteiger partial charge in [0.05, 0.1) is 16.4 Å². The first-order chi connectivity index (χ1) is 10.1. The van der Waals surface area contributed by atoms with Crippen molar-refractivity contribution in [3.8, 4) is 0 Å². The Hall–Kier alpha value is -1.84. The van der Waals surface area contributed by atoms with Crippen LogP contribution in [0.25, 0.3) is 0 Å². The third kappa shape index (κ3) is 2.55. The number of fused-ring (bicyclic) bond motifs is 1. The summed E-state index contributed by atoms with van der Waals surface area (Å²) in [6.45, 7) is 0.0967. The molecular formula is C16H12Cl2N2O. The van der Waals surface area contributed by atoms with Gasteiger partial charge >= 0.3 is 0 Å².